The van der Waals surface area contributed by atoms with Crippen molar-refractivity contribution in [2.24, 2.45) is 4.99 Å². The van der Waals surface area contributed by atoms with Gasteiger partial charge in [-0.15, -0.1) is 24.0 Å². The van der Waals surface area contributed by atoms with Gasteiger partial charge in [-0.3, -0.25) is 9.89 Å². The number of rotatable bonds is 8. The van der Waals surface area contributed by atoms with Crippen molar-refractivity contribution in [1.82, 2.24) is 15.1 Å². The van der Waals surface area contributed by atoms with Crippen LogP contribution in [0.5, 0.6) is 0 Å². The van der Waals surface area contributed by atoms with Crippen molar-refractivity contribution in [3.63, 3.8) is 0 Å². The number of piperidine rings is 1. The molecule has 8 heteroatoms. The first-order chi connectivity index (χ1) is 15.3. The molecule has 0 bridgehead atoms. The Morgan fingerprint density at radius 3 is 2.62 bits per heavy atom. The number of hydrogen-bond donors (Lipinski definition) is 1. The fourth-order valence-electron chi connectivity index (χ4n) is 4.93. The van der Waals surface area contributed by atoms with Crippen LogP contribution in [0.1, 0.15) is 63.7 Å². The summed E-state index contributed by atoms with van der Waals surface area (Å²) in [6.07, 6.45) is 10.6. The Morgan fingerprint density at radius 1 is 1.16 bits per heavy atom. The summed E-state index contributed by atoms with van der Waals surface area (Å²) in [4.78, 5) is 9.96. The first-order valence-electron chi connectivity index (χ1n) is 12.4. The number of furan rings is 1. The normalized spacial score (nSPS) is 24.3. The van der Waals surface area contributed by atoms with Gasteiger partial charge in [-0.25, -0.2) is 0 Å². The monoisotopic (exact) mass is 560 g/mol. The first kappa shape index (κ1) is 25.8. The van der Waals surface area contributed by atoms with Crippen LogP contribution in [0, 0.1) is 0 Å². The number of ether oxygens (including phenoxy) is 2. The largest absolute Gasteiger partial charge is 0.468 e. The van der Waals surface area contributed by atoms with Crippen LogP contribution in [0.3, 0.4) is 0 Å². The van der Waals surface area contributed by atoms with E-state index in [0.717, 1.165) is 83.5 Å². The van der Waals surface area contributed by atoms with Gasteiger partial charge in [0.1, 0.15) is 5.76 Å². The summed E-state index contributed by atoms with van der Waals surface area (Å²) < 4.78 is 17.8. The molecule has 182 valence electrons. The number of hydrogen-bond acceptors (Lipinski definition) is 5. The summed E-state index contributed by atoms with van der Waals surface area (Å²) in [6, 6.07) is 4.29. The molecule has 0 aliphatic carbocycles. The van der Waals surface area contributed by atoms with E-state index in [0.29, 0.717) is 12.2 Å². The molecule has 7 nitrogen and oxygen atoms in total. The lowest BCUT2D eigenvalue weighted by Gasteiger charge is -2.35. The van der Waals surface area contributed by atoms with Crippen molar-refractivity contribution >= 4 is 29.9 Å². The molecule has 32 heavy (non-hydrogen) atoms. The topological polar surface area (TPSA) is 62.5 Å². The molecular weight excluding hydrogens is 519 g/mol. The predicted octanol–water partition coefficient (Wildman–Crippen LogP) is 4.05. The van der Waals surface area contributed by atoms with E-state index in [4.69, 9.17) is 18.9 Å². The third-order valence-electron chi connectivity index (χ3n) is 6.74. The molecule has 1 aromatic rings. The highest BCUT2D eigenvalue weighted by Crippen LogP contribution is 2.26. The maximum absolute atomic E-state index is 6.19. The Balaban J connectivity index is 0.00000289. The van der Waals surface area contributed by atoms with Crippen LogP contribution in [0.2, 0.25) is 0 Å². The average molecular weight is 561 g/mol. The van der Waals surface area contributed by atoms with Crippen molar-refractivity contribution in [3.05, 3.63) is 24.2 Å². The van der Waals surface area contributed by atoms with Gasteiger partial charge in [-0.1, -0.05) is 0 Å². The van der Waals surface area contributed by atoms with Gasteiger partial charge in [0.15, 0.2) is 5.96 Å². The molecule has 0 saturated carbocycles. The molecule has 0 aromatic carbocycles. The van der Waals surface area contributed by atoms with E-state index in [1.807, 2.05) is 6.07 Å². The Bertz CT molecular complexity index is 652. The molecule has 2 atom stereocenters. The average Bonchev–Trinajstić information content (AvgIpc) is 3.53. The molecule has 2 unspecified atom stereocenters. The van der Waals surface area contributed by atoms with Crippen LogP contribution in [0.15, 0.2) is 27.8 Å². The summed E-state index contributed by atoms with van der Waals surface area (Å²) >= 11 is 0. The molecule has 4 rings (SSSR count). The molecule has 0 amide bonds. The Kier molecular flexibility index (Phi) is 11.1. The third-order valence-corrected chi connectivity index (χ3v) is 6.74. The lowest BCUT2D eigenvalue weighted by molar-refractivity contribution is -0.0721. The molecule has 1 N–H and O–H groups in total. The minimum Gasteiger partial charge on any atom is -0.468 e. The molecule has 3 saturated heterocycles. The maximum atomic E-state index is 6.19. The summed E-state index contributed by atoms with van der Waals surface area (Å²) in [5, 5.41) is 3.51. The van der Waals surface area contributed by atoms with E-state index >= 15 is 0 Å². The molecule has 0 spiro atoms. The standard InChI is InChI=1S/C24H40N4O3.HI/c1-2-25-24(26-18-22(23-9-7-17-30-23)27-12-4-5-13-27)28-14-10-20(11-15-28)31-19-21-8-3-6-16-29-21;/h7,9,17,20-22H,2-6,8,10-16,18-19H2,1H3,(H,25,26);1H. The minimum absolute atomic E-state index is 0. The van der Waals surface area contributed by atoms with Gasteiger partial charge in [-0.2, -0.15) is 0 Å². The molecular formula is C24H41IN4O3. The van der Waals surface area contributed by atoms with Crippen molar-refractivity contribution in [2.75, 3.05) is 52.5 Å². The van der Waals surface area contributed by atoms with Gasteiger partial charge in [0.2, 0.25) is 0 Å². The van der Waals surface area contributed by atoms with E-state index in [9.17, 15) is 0 Å². The lowest BCUT2D eigenvalue weighted by atomic mass is 10.1. The zero-order chi connectivity index (χ0) is 21.3. The molecule has 3 aliphatic rings. The van der Waals surface area contributed by atoms with Crippen molar-refractivity contribution in [3.8, 4) is 0 Å². The molecule has 0 radical (unpaired) electrons. The van der Waals surface area contributed by atoms with E-state index in [1.165, 1.54) is 25.7 Å². The first-order valence-corrected chi connectivity index (χ1v) is 12.4. The van der Waals surface area contributed by atoms with Gasteiger partial charge in [0, 0.05) is 26.2 Å². The van der Waals surface area contributed by atoms with Crippen LogP contribution >= 0.6 is 24.0 Å². The SMILES string of the molecule is CCNC(=NCC(c1ccco1)N1CCCC1)N1CCC(OCC2CCCCO2)CC1.I. The quantitative estimate of drug-likeness (QED) is 0.294. The van der Waals surface area contributed by atoms with Crippen molar-refractivity contribution in [1.29, 1.82) is 0 Å². The number of nitrogens with zero attached hydrogens (tertiary/aromatic N) is 3. The van der Waals surface area contributed by atoms with Gasteiger partial charge in [-0.05, 0) is 77.1 Å². The van der Waals surface area contributed by atoms with Crippen LogP contribution in [-0.4, -0.2) is 80.4 Å². The number of guanidine groups is 1. The number of aliphatic imine (C=N–C) groups is 1. The van der Waals surface area contributed by atoms with Gasteiger partial charge in [0.05, 0.1) is 37.7 Å². The third kappa shape index (κ3) is 7.33. The van der Waals surface area contributed by atoms with Crippen LogP contribution < -0.4 is 5.32 Å². The second kappa shape index (κ2) is 13.8. The van der Waals surface area contributed by atoms with E-state index in [-0.39, 0.29) is 30.0 Å². The number of halogens is 1. The highest BCUT2D eigenvalue weighted by molar-refractivity contribution is 14.0. The van der Waals surface area contributed by atoms with Crippen molar-refractivity contribution in [2.45, 2.75) is 70.1 Å². The second-order valence-corrected chi connectivity index (χ2v) is 8.98. The van der Waals surface area contributed by atoms with Gasteiger partial charge < -0.3 is 24.1 Å². The van der Waals surface area contributed by atoms with Crippen LogP contribution in [-0.2, 0) is 9.47 Å². The summed E-state index contributed by atoms with van der Waals surface area (Å²) in [5.74, 6) is 2.05. The summed E-state index contributed by atoms with van der Waals surface area (Å²) in [5.41, 5.74) is 0. The minimum atomic E-state index is 0. The maximum Gasteiger partial charge on any atom is 0.193 e. The Hall–Kier alpha value is -0.840. The Morgan fingerprint density at radius 2 is 1.97 bits per heavy atom. The number of likely N-dealkylation sites (tertiary alicyclic amines) is 2. The molecule has 3 aliphatic heterocycles. The lowest BCUT2D eigenvalue weighted by Crippen LogP contribution is -2.47. The van der Waals surface area contributed by atoms with Crippen LogP contribution in [0.25, 0.3) is 0 Å². The summed E-state index contributed by atoms with van der Waals surface area (Å²) in [6.45, 7) is 9.61. The highest BCUT2D eigenvalue weighted by Gasteiger charge is 2.27. The Labute approximate surface area is 210 Å². The van der Waals surface area contributed by atoms with Crippen molar-refractivity contribution < 1.29 is 13.9 Å². The molecule has 4 heterocycles. The highest BCUT2D eigenvalue weighted by atomic mass is 127. The molecule has 3 fully saturated rings. The fraction of sp³-hybridized carbons (Fsp3) is 0.792. The van der Waals surface area contributed by atoms with E-state index < -0.39 is 0 Å². The van der Waals surface area contributed by atoms with Gasteiger partial charge >= 0.3 is 0 Å². The van der Waals surface area contributed by atoms with Crippen LogP contribution in [0.4, 0.5) is 0 Å². The van der Waals surface area contributed by atoms with Gasteiger partial charge in [0.25, 0.3) is 0 Å². The number of nitrogens with one attached hydrogen (secondary N) is 1. The predicted molar refractivity (Wildman–Crippen MR) is 138 cm³/mol. The smallest absolute Gasteiger partial charge is 0.193 e. The fourth-order valence-corrected chi connectivity index (χ4v) is 4.93. The molecule has 1 aromatic heterocycles. The summed E-state index contributed by atoms with van der Waals surface area (Å²) in [7, 11) is 0. The zero-order valence-corrected chi connectivity index (χ0v) is 21.9. The second-order valence-electron chi connectivity index (χ2n) is 8.98. The zero-order valence-electron chi connectivity index (χ0n) is 19.5. The van der Waals surface area contributed by atoms with E-state index in [1.54, 1.807) is 6.26 Å². The van der Waals surface area contributed by atoms with E-state index in [2.05, 4.69) is 28.1 Å².